The lowest BCUT2D eigenvalue weighted by molar-refractivity contribution is -0.118. The van der Waals surface area contributed by atoms with E-state index < -0.39 is 17.7 Å². The van der Waals surface area contributed by atoms with E-state index in [2.05, 4.69) is 18.8 Å². The molecule has 1 aliphatic heterocycles. The van der Waals surface area contributed by atoms with E-state index in [4.69, 9.17) is 0 Å². The first-order valence-corrected chi connectivity index (χ1v) is 10.8. The summed E-state index contributed by atoms with van der Waals surface area (Å²) < 4.78 is 0. The molecule has 162 valence electrons. The minimum atomic E-state index is -0.767. The van der Waals surface area contributed by atoms with Gasteiger partial charge in [0.15, 0.2) is 11.5 Å². The first-order valence-electron chi connectivity index (χ1n) is 10.8. The number of nitrogens with zero attached hydrogens (tertiary/aromatic N) is 2. The van der Waals surface area contributed by atoms with E-state index in [1.807, 2.05) is 60.7 Å². The molecule has 0 spiro atoms. The van der Waals surface area contributed by atoms with Gasteiger partial charge in [0.25, 0.3) is 5.91 Å². The van der Waals surface area contributed by atoms with Crippen LogP contribution in [0.15, 0.2) is 90.3 Å². The minimum Gasteiger partial charge on any atom is -0.503 e. The van der Waals surface area contributed by atoms with Gasteiger partial charge in [-0.25, -0.2) is 0 Å². The van der Waals surface area contributed by atoms with Gasteiger partial charge in [0.2, 0.25) is 0 Å². The summed E-state index contributed by atoms with van der Waals surface area (Å²) in [4.78, 5) is 32.3. The smallest absolute Gasteiger partial charge is 0.294 e. The van der Waals surface area contributed by atoms with Gasteiger partial charge in [-0.1, -0.05) is 62.4 Å². The number of Topliss-reactive ketones (excluding diaryl/α,β-unsaturated/α-hetero) is 1. The van der Waals surface area contributed by atoms with Gasteiger partial charge >= 0.3 is 0 Å². The largest absolute Gasteiger partial charge is 0.503 e. The Hall–Kier alpha value is -3.73. The van der Waals surface area contributed by atoms with Crippen LogP contribution in [0.2, 0.25) is 0 Å². The number of hydrogen-bond acceptors (Lipinski definition) is 4. The summed E-state index contributed by atoms with van der Waals surface area (Å²) in [5.41, 5.74) is 3.44. The van der Waals surface area contributed by atoms with Crippen LogP contribution in [0.25, 0.3) is 0 Å². The van der Waals surface area contributed by atoms with Crippen molar-refractivity contribution in [2.45, 2.75) is 38.6 Å². The van der Waals surface area contributed by atoms with Crippen LogP contribution in [-0.2, 0) is 16.0 Å². The zero-order chi connectivity index (χ0) is 22.7. The normalized spacial score (nSPS) is 16.2. The SMILES string of the molecule is CC(C)c1ccc(N2C(=O)C(O)=C(C(=O)CCc3ccccc3)C2c2ccccn2)cc1. The molecular weight excluding hydrogens is 400 g/mol. The van der Waals surface area contributed by atoms with Crippen LogP contribution >= 0.6 is 0 Å². The van der Waals surface area contributed by atoms with Crippen molar-refractivity contribution in [2.75, 3.05) is 4.90 Å². The van der Waals surface area contributed by atoms with E-state index in [1.54, 1.807) is 18.3 Å². The molecule has 32 heavy (non-hydrogen) atoms. The van der Waals surface area contributed by atoms with Gasteiger partial charge in [0.05, 0.1) is 11.3 Å². The highest BCUT2D eigenvalue weighted by Crippen LogP contribution is 2.41. The number of ketones is 1. The number of rotatable bonds is 7. The maximum atomic E-state index is 13.3. The summed E-state index contributed by atoms with van der Waals surface area (Å²) in [5, 5.41) is 10.8. The predicted octanol–water partition coefficient (Wildman–Crippen LogP) is 5.31. The van der Waals surface area contributed by atoms with E-state index in [0.717, 1.165) is 11.1 Å². The average molecular weight is 427 g/mol. The number of aromatic nitrogens is 1. The molecule has 2 heterocycles. The topological polar surface area (TPSA) is 70.5 Å². The monoisotopic (exact) mass is 426 g/mol. The molecule has 0 radical (unpaired) electrons. The van der Waals surface area contributed by atoms with Gasteiger partial charge in [-0.2, -0.15) is 0 Å². The molecule has 0 saturated carbocycles. The van der Waals surface area contributed by atoms with Crippen LogP contribution in [0.3, 0.4) is 0 Å². The maximum absolute atomic E-state index is 13.3. The predicted molar refractivity (Wildman–Crippen MR) is 124 cm³/mol. The van der Waals surface area contributed by atoms with Crippen molar-refractivity contribution in [3.63, 3.8) is 0 Å². The Morgan fingerprint density at radius 2 is 1.69 bits per heavy atom. The molecule has 1 aromatic heterocycles. The Morgan fingerprint density at radius 3 is 2.31 bits per heavy atom. The molecule has 0 bridgehead atoms. The lowest BCUT2D eigenvalue weighted by Crippen LogP contribution is -2.31. The third kappa shape index (κ3) is 4.19. The quantitative estimate of drug-likeness (QED) is 0.556. The fraction of sp³-hybridized carbons (Fsp3) is 0.222. The summed E-state index contributed by atoms with van der Waals surface area (Å²) in [6.45, 7) is 4.20. The zero-order valence-electron chi connectivity index (χ0n) is 18.2. The van der Waals surface area contributed by atoms with Crippen molar-refractivity contribution in [2.24, 2.45) is 0 Å². The highest BCUT2D eigenvalue weighted by Gasteiger charge is 2.44. The standard InChI is InChI=1S/C27H26N2O3/c1-18(2)20-12-14-21(15-13-20)29-25(22-10-6-7-17-28-22)24(26(31)27(29)32)23(30)16-11-19-8-4-3-5-9-19/h3-10,12-15,17-18,25,31H,11,16H2,1-2H3. The summed E-state index contributed by atoms with van der Waals surface area (Å²) in [6.07, 6.45) is 2.35. The third-order valence-electron chi connectivity index (χ3n) is 5.80. The Morgan fingerprint density at radius 1 is 1.00 bits per heavy atom. The third-order valence-corrected chi connectivity index (χ3v) is 5.80. The first kappa shape index (κ1) is 21.5. The van der Waals surface area contributed by atoms with Crippen molar-refractivity contribution >= 4 is 17.4 Å². The second-order valence-corrected chi connectivity index (χ2v) is 8.25. The number of aliphatic hydroxyl groups is 1. The maximum Gasteiger partial charge on any atom is 0.294 e. The van der Waals surface area contributed by atoms with Gasteiger partial charge in [-0.3, -0.25) is 19.5 Å². The van der Waals surface area contributed by atoms with Crippen LogP contribution in [0, 0.1) is 0 Å². The Kier molecular flexibility index (Phi) is 6.17. The van der Waals surface area contributed by atoms with Gasteiger partial charge in [0, 0.05) is 18.3 Å². The number of hydrogen-bond donors (Lipinski definition) is 1. The molecule has 1 aliphatic rings. The zero-order valence-corrected chi connectivity index (χ0v) is 18.2. The van der Waals surface area contributed by atoms with Crippen molar-refractivity contribution in [3.8, 4) is 0 Å². The Labute approximate surface area is 188 Å². The summed E-state index contributed by atoms with van der Waals surface area (Å²) in [7, 11) is 0. The van der Waals surface area contributed by atoms with Gasteiger partial charge in [-0.05, 0) is 47.7 Å². The van der Waals surface area contributed by atoms with Gasteiger partial charge in [-0.15, -0.1) is 0 Å². The highest BCUT2D eigenvalue weighted by molar-refractivity contribution is 6.16. The molecule has 1 amide bonds. The number of aliphatic hydroxyl groups excluding tert-OH is 1. The Bertz CT molecular complexity index is 1140. The van der Waals surface area contributed by atoms with Gasteiger partial charge in [0.1, 0.15) is 6.04 Å². The highest BCUT2D eigenvalue weighted by atomic mass is 16.3. The summed E-state index contributed by atoms with van der Waals surface area (Å²) >= 11 is 0. The lowest BCUT2D eigenvalue weighted by Gasteiger charge is -2.26. The number of amides is 1. The van der Waals surface area contributed by atoms with Gasteiger partial charge < -0.3 is 5.11 Å². The number of carbonyl (C=O) groups excluding carboxylic acids is 2. The van der Waals surface area contributed by atoms with Crippen molar-refractivity contribution in [1.82, 2.24) is 4.98 Å². The van der Waals surface area contributed by atoms with E-state index in [9.17, 15) is 14.7 Å². The van der Waals surface area contributed by atoms with E-state index in [1.165, 1.54) is 4.90 Å². The molecule has 0 saturated heterocycles. The van der Waals surface area contributed by atoms with Crippen molar-refractivity contribution < 1.29 is 14.7 Å². The van der Waals surface area contributed by atoms with Crippen molar-refractivity contribution in [1.29, 1.82) is 0 Å². The summed E-state index contributed by atoms with van der Waals surface area (Å²) in [5.74, 6) is -0.976. The lowest BCUT2D eigenvalue weighted by atomic mass is 9.95. The average Bonchev–Trinajstić information content (AvgIpc) is 3.09. The van der Waals surface area contributed by atoms with E-state index in [-0.39, 0.29) is 17.8 Å². The second-order valence-electron chi connectivity index (χ2n) is 8.25. The number of anilines is 1. The molecule has 0 fully saturated rings. The number of carbonyl (C=O) groups is 2. The van der Waals surface area contributed by atoms with Crippen LogP contribution in [0.4, 0.5) is 5.69 Å². The fourth-order valence-corrected chi connectivity index (χ4v) is 4.03. The molecule has 1 atom stereocenters. The van der Waals surface area contributed by atoms with Crippen molar-refractivity contribution in [3.05, 3.63) is 107 Å². The molecule has 2 aromatic carbocycles. The molecule has 5 heteroatoms. The van der Waals surface area contributed by atoms with Crippen LogP contribution in [-0.4, -0.2) is 21.8 Å². The van der Waals surface area contributed by atoms with Crippen LogP contribution in [0.1, 0.15) is 49.0 Å². The molecule has 3 aromatic rings. The first-order chi connectivity index (χ1) is 15.5. The number of pyridine rings is 1. The Balaban J connectivity index is 1.69. The van der Waals surface area contributed by atoms with Crippen LogP contribution in [0.5, 0.6) is 0 Å². The molecule has 4 rings (SSSR count). The molecule has 5 nitrogen and oxygen atoms in total. The summed E-state index contributed by atoms with van der Waals surface area (Å²) in [6, 6.07) is 21.9. The number of benzene rings is 2. The molecular formula is C27H26N2O3. The fourth-order valence-electron chi connectivity index (χ4n) is 4.03. The van der Waals surface area contributed by atoms with E-state index >= 15 is 0 Å². The second kappa shape index (κ2) is 9.18. The molecule has 0 aliphatic carbocycles. The molecule has 1 N–H and O–H groups in total. The molecule has 1 unspecified atom stereocenters. The minimum absolute atomic E-state index is 0.109. The van der Waals surface area contributed by atoms with Crippen LogP contribution < -0.4 is 4.90 Å². The number of aryl methyl sites for hydroxylation is 1. The van der Waals surface area contributed by atoms with E-state index in [0.29, 0.717) is 23.7 Å².